The van der Waals surface area contributed by atoms with Crippen LogP contribution < -0.4 is 5.32 Å². The van der Waals surface area contributed by atoms with Crippen molar-refractivity contribution in [2.45, 2.75) is 39.4 Å². The molecule has 132 valence electrons. The summed E-state index contributed by atoms with van der Waals surface area (Å²) in [5, 5.41) is 6.19. The van der Waals surface area contributed by atoms with Gasteiger partial charge in [-0.2, -0.15) is 18.2 Å². The highest BCUT2D eigenvalue weighted by Gasteiger charge is 2.37. The Balaban J connectivity index is 2.32. The topological polar surface area (TPSA) is 81.4 Å². The number of alkyl halides is 3. The minimum Gasteiger partial charge on any atom is -0.383 e. The smallest absolute Gasteiger partial charge is 0.383 e. The largest absolute Gasteiger partial charge is 0.453 e. The van der Waals surface area contributed by atoms with Crippen LogP contribution in [0.25, 0.3) is 5.78 Å². The Bertz CT molecular complexity index is 757. The van der Waals surface area contributed by atoms with Crippen LogP contribution in [0.1, 0.15) is 29.7 Å². The molecule has 1 N–H and O–H groups in total. The lowest BCUT2D eigenvalue weighted by Crippen LogP contribution is -2.36. The third kappa shape index (κ3) is 3.81. The average Bonchev–Trinajstić information content (AvgIpc) is 2.87. The van der Waals surface area contributed by atoms with Crippen molar-refractivity contribution >= 4 is 11.7 Å². The zero-order chi connectivity index (χ0) is 18.1. The second kappa shape index (κ2) is 6.71. The first-order chi connectivity index (χ1) is 11.1. The molecule has 7 nitrogen and oxygen atoms in total. The number of ether oxygens (including phenoxy) is 1. The third-order valence-electron chi connectivity index (χ3n) is 3.46. The van der Waals surface area contributed by atoms with Gasteiger partial charge in [-0.15, -0.1) is 5.10 Å². The molecule has 0 saturated carbocycles. The Morgan fingerprint density at radius 3 is 2.58 bits per heavy atom. The number of aromatic nitrogens is 4. The SMILES string of the molecule is COC[C@H](C)NC(=O)Cc1c(C)nc2nc(C(F)(F)F)nn2c1C. The number of nitrogens with zero attached hydrogens (tertiary/aromatic N) is 4. The number of rotatable bonds is 5. The van der Waals surface area contributed by atoms with Gasteiger partial charge in [-0.05, 0) is 20.8 Å². The van der Waals surface area contributed by atoms with Crippen molar-refractivity contribution in [1.82, 2.24) is 24.9 Å². The van der Waals surface area contributed by atoms with E-state index in [0.717, 1.165) is 4.52 Å². The van der Waals surface area contributed by atoms with Gasteiger partial charge in [0.1, 0.15) is 0 Å². The number of fused-ring (bicyclic) bond motifs is 1. The van der Waals surface area contributed by atoms with E-state index in [-0.39, 0.29) is 24.1 Å². The zero-order valence-electron chi connectivity index (χ0n) is 13.7. The van der Waals surface area contributed by atoms with Crippen molar-refractivity contribution in [1.29, 1.82) is 0 Å². The normalized spacial score (nSPS) is 13.3. The van der Waals surface area contributed by atoms with Crippen molar-refractivity contribution in [3.05, 3.63) is 22.8 Å². The van der Waals surface area contributed by atoms with Gasteiger partial charge in [-0.3, -0.25) is 4.79 Å². The first kappa shape index (κ1) is 18.1. The fraction of sp³-hybridized carbons (Fsp3) is 0.571. The number of amides is 1. The number of methoxy groups -OCH3 is 1. The predicted molar refractivity (Wildman–Crippen MR) is 78.4 cm³/mol. The summed E-state index contributed by atoms with van der Waals surface area (Å²) >= 11 is 0. The minimum atomic E-state index is -4.65. The van der Waals surface area contributed by atoms with Crippen LogP contribution in [-0.2, 0) is 22.1 Å². The lowest BCUT2D eigenvalue weighted by atomic mass is 10.1. The average molecular weight is 345 g/mol. The van der Waals surface area contributed by atoms with E-state index in [9.17, 15) is 18.0 Å². The van der Waals surface area contributed by atoms with E-state index < -0.39 is 12.0 Å². The number of hydrogen-bond donors (Lipinski definition) is 1. The summed E-state index contributed by atoms with van der Waals surface area (Å²) in [6, 6.07) is -0.178. The molecule has 1 atom stereocenters. The van der Waals surface area contributed by atoms with Crippen LogP contribution >= 0.6 is 0 Å². The number of halogens is 3. The fourth-order valence-corrected chi connectivity index (χ4v) is 2.36. The van der Waals surface area contributed by atoms with Crippen molar-refractivity contribution in [2.24, 2.45) is 0 Å². The molecule has 1 amide bonds. The lowest BCUT2D eigenvalue weighted by molar-refractivity contribution is -0.144. The van der Waals surface area contributed by atoms with E-state index in [4.69, 9.17) is 4.74 Å². The molecule has 0 aromatic carbocycles. The second-order valence-electron chi connectivity index (χ2n) is 5.51. The Morgan fingerprint density at radius 2 is 2.00 bits per heavy atom. The molecular weight excluding hydrogens is 327 g/mol. The maximum Gasteiger partial charge on any atom is 0.453 e. The molecule has 0 bridgehead atoms. The molecule has 0 fully saturated rings. The highest BCUT2D eigenvalue weighted by Crippen LogP contribution is 2.27. The van der Waals surface area contributed by atoms with Crippen molar-refractivity contribution in [3.8, 4) is 0 Å². The van der Waals surface area contributed by atoms with Gasteiger partial charge in [-0.1, -0.05) is 0 Å². The summed E-state index contributed by atoms with van der Waals surface area (Å²) in [6.45, 7) is 5.35. The van der Waals surface area contributed by atoms with Crippen LogP contribution in [0.5, 0.6) is 0 Å². The molecule has 2 aromatic heterocycles. The van der Waals surface area contributed by atoms with E-state index in [1.807, 2.05) is 0 Å². The molecule has 10 heteroatoms. The molecule has 2 aromatic rings. The Morgan fingerprint density at radius 1 is 1.33 bits per heavy atom. The van der Waals surface area contributed by atoms with Crippen LogP contribution in [-0.4, -0.2) is 45.2 Å². The monoisotopic (exact) mass is 345 g/mol. The minimum absolute atomic E-state index is 0.0180. The molecule has 2 rings (SSSR count). The maximum atomic E-state index is 12.7. The number of carbonyl (C=O) groups excluding carboxylic acids is 1. The van der Waals surface area contributed by atoms with Gasteiger partial charge in [0.25, 0.3) is 11.6 Å². The molecule has 0 aliphatic carbocycles. The van der Waals surface area contributed by atoms with Crippen LogP contribution in [0.3, 0.4) is 0 Å². The number of hydrogen-bond acceptors (Lipinski definition) is 5. The molecule has 24 heavy (non-hydrogen) atoms. The standard InChI is InChI=1S/C14H18F3N5O2/c1-7(6-24-4)18-11(23)5-10-8(2)19-13-20-12(14(15,16)17)21-22(13)9(10)3/h7H,5-6H2,1-4H3,(H,18,23)/t7-/m0/s1. The number of aryl methyl sites for hydroxylation is 2. The summed E-state index contributed by atoms with van der Waals surface area (Å²) in [7, 11) is 1.53. The Hall–Kier alpha value is -2.23. The summed E-state index contributed by atoms with van der Waals surface area (Å²) in [5.74, 6) is -1.68. The Labute approximate surface area is 136 Å². The second-order valence-corrected chi connectivity index (χ2v) is 5.51. The highest BCUT2D eigenvalue weighted by molar-refractivity contribution is 5.79. The van der Waals surface area contributed by atoms with Gasteiger partial charge in [0.2, 0.25) is 5.91 Å². The fourth-order valence-electron chi connectivity index (χ4n) is 2.36. The van der Waals surface area contributed by atoms with Crippen molar-refractivity contribution < 1.29 is 22.7 Å². The maximum absolute atomic E-state index is 12.7. The lowest BCUT2D eigenvalue weighted by Gasteiger charge is -2.14. The number of nitrogens with one attached hydrogen (secondary N) is 1. The number of carbonyl (C=O) groups is 1. The van der Waals surface area contributed by atoms with E-state index in [2.05, 4.69) is 20.4 Å². The van der Waals surface area contributed by atoms with Gasteiger partial charge >= 0.3 is 6.18 Å². The first-order valence-corrected chi connectivity index (χ1v) is 7.21. The van der Waals surface area contributed by atoms with Gasteiger partial charge in [-0.25, -0.2) is 9.50 Å². The molecule has 0 radical (unpaired) electrons. The third-order valence-corrected chi connectivity index (χ3v) is 3.46. The quantitative estimate of drug-likeness (QED) is 0.887. The van der Waals surface area contributed by atoms with Gasteiger partial charge in [0.05, 0.1) is 13.0 Å². The van der Waals surface area contributed by atoms with Gasteiger partial charge in [0.15, 0.2) is 0 Å². The van der Waals surface area contributed by atoms with Crippen molar-refractivity contribution in [3.63, 3.8) is 0 Å². The van der Waals surface area contributed by atoms with Gasteiger partial charge < -0.3 is 10.1 Å². The van der Waals surface area contributed by atoms with Crippen molar-refractivity contribution in [2.75, 3.05) is 13.7 Å². The van der Waals surface area contributed by atoms with Crippen LogP contribution in [0.4, 0.5) is 13.2 Å². The summed E-state index contributed by atoms with van der Waals surface area (Å²) < 4.78 is 44.2. The Kier molecular flexibility index (Phi) is 5.07. The molecule has 0 spiro atoms. The van der Waals surface area contributed by atoms with Crippen LogP contribution in [0.15, 0.2) is 0 Å². The zero-order valence-corrected chi connectivity index (χ0v) is 13.7. The van der Waals surface area contributed by atoms with E-state index in [0.29, 0.717) is 23.6 Å². The molecule has 0 aliphatic heterocycles. The summed E-state index contributed by atoms with van der Waals surface area (Å²) in [6.07, 6.45) is -4.67. The van der Waals surface area contributed by atoms with E-state index in [1.165, 1.54) is 7.11 Å². The molecule has 0 aliphatic rings. The summed E-state index contributed by atoms with van der Waals surface area (Å²) in [5.41, 5.74) is 1.36. The predicted octanol–water partition coefficient (Wildman–Crippen LogP) is 1.45. The molecule has 0 saturated heterocycles. The van der Waals surface area contributed by atoms with E-state index >= 15 is 0 Å². The first-order valence-electron chi connectivity index (χ1n) is 7.21. The highest BCUT2D eigenvalue weighted by atomic mass is 19.4. The molecule has 0 unspecified atom stereocenters. The van der Waals surface area contributed by atoms with Crippen LogP contribution in [0.2, 0.25) is 0 Å². The molecular formula is C14H18F3N5O2. The van der Waals surface area contributed by atoms with E-state index in [1.54, 1.807) is 20.8 Å². The molecule has 2 heterocycles. The summed E-state index contributed by atoms with van der Waals surface area (Å²) in [4.78, 5) is 19.5. The van der Waals surface area contributed by atoms with Gasteiger partial charge in [0, 0.05) is 30.1 Å². The van der Waals surface area contributed by atoms with Crippen LogP contribution in [0, 0.1) is 13.8 Å².